The predicted octanol–water partition coefficient (Wildman–Crippen LogP) is 2.16. The van der Waals surface area contributed by atoms with Gasteiger partial charge in [-0.1, -0.05) is 0 Å². The first-order valence-electron chi connectivity index (χ1n) is 5.22. The number of nitrogens with zero attached hydrogens (tertiary/aromatic N) is 2. The summed E-state index contributed by atoms with van der Waals surface area (Å²) in [5.41, 5.74) is 7.75. The third kappa shape index (κ3) is 1.86. The maximum Gasteiger partial charge on any atom is 0.122 e. The average molecular weight is 217 g/mol. The van der Waals surface area contributed by atoms with Crippen molar-refractivity contribution in [1.29, 1.82) is 0 Å². The van der Waals surface area contributed by atoms with E-state index in [0.29, 0.717) is 5.82 Å². The fraction of sp³-hybridized carbons (Fsp3) is 0.250. The highest BCUT2D eigenvalue weighted by Crippen LogP contribution is 2.22. The van der Waals surface area contributed by atoms with Gasteiger partial charge < -0.3 is 10.5 Å². The van der Waals surface area contributed by atoms with Crippen LogP contribution in [0.5, 0.6) is 5.75 Å². The molecule has 84 valence electrons. The minimum absolute atomic E-state index is 0.688. The number of hydrogen-bond acceptors (Lipinski definition) is 3. The number of anilines is 1. The number of benzene rings is 1. The molecule has 0 aliphatic rings. The molecular weight excluding hydrogens is 202 g/mol. The quantitative estimate of drug-likeness (QED) is 0.857. The van der Waals surface area contributed by atoms with Crippen molar-refractivity contribution < 1.29 is 4.74 Å². The summed E-state index contributed by atoms with van der Waals surface area (Å²) >= 11 is 0. The van der Waals surface area contributed by atoms with Gasteiger partial charge in [0.05, 0.1) is 12.8 Å². The van der Waals surface area contributed by atoms with Crippen LogP contribution in [0.2, 0.25) is 0 Å². The number of nitrogens with two attached hydrogens (primary N) is 1. The molecule has 1 heterocycles. The van der Waals surface area contributed by atoms with Crippen LogP contribution in [0, 0.1) is 0 Å². The summed E-state index contributed by atoms with van der Waals surface area (Å²) < 4.78 is 6.88. The molecule has 0 atom stereocenters. The third-order valence-corrected chi connectivity index (χ3v) is 2.50. The van der Waals surface area contributed by atoms with Crippen molar-refractivity contribution in [3.63, 3.8) is 0 Å². The van der Waals surface area contributed by atoms with Crippen molar-refractivity contribution in [2.75, 3.05) is 12.8 Å². The topological polar surface area (TPSA) is 53.1 Å². The number of aromatic nitrogens is 2. The molecule has 16 heavy (non-hydrogen) atoms. The van der Waals surface area contributed by atoms with Gasteiger partial charge in [0.2, 0.25) is 0 Å². The van der Waals surface area contributed by atoms with E-state index in [0.717, 1.165) is 23.6 Å². The zero-order valence-electron chi connectivity index (χ0n) is 9.47. The van der Waals surface area contributed by atoms with Crippen molar-refractivity contribution in [1.82, 2.24) is 9.78 Å². The van der Waals surface area contributed by atoms with Crippen molar-refractivity contribution >= 4 is 5.82 Å². The van der Waals surface area contributed by atoms with E-state index in [9.17, 15) is 0 Å². The van der Waals surface area contributed by atoms with E-state index in [1.165, 1.54) is 0 Å². The molecule has 0 saturated heterocycles. The second-order valence-corrected chi connectivity index (χ2v) is 3.50. The van der Waals surface area contributed by atoms with Crippen LogP contribution in [0.15, 0.2) is 30.3 Å². The summed E-state index contributed by atoms with van der Waals surface area (Å²) in [6.07, 6.45) is 0. The Morgan fingerprint density at radius 2 is 2.00 bits per heavy atom. The molecule has 2 aromatic rings. The summed E-state index contributed by atoms with van der Waals surface area (Å²) in [5.74, 6) is 1.53. The molecule has 0 aliphatic heterocycles. The fourth-order valence-corrected chi connectivity index (χ4v) is 1.59. The summed E-state index contributed by atoms with van der Waals surface area (Å²) in [6, 6.07) is 9.65. The lowest BCUT2D eigenvalue weighted by Crippen LogP contribution is -2.01. The standard InChI is InChI=1S/C12H15N3O/c1-3-15-12(13)8-11(14-15)9-4-6-10(16-2)7-5-9/h4-8H,3,13H2,1-2H3. The lowest BCUT2D eigenvalue weighted by atomic mass is 10.1. The van der Waals surface area contributed by atoms with Gasteiger partial charge in [0.25, 0.3) is 0 Å². The Morgan fingerprint density at radius 1 is 1.31 bits per heavy atom. The Morgan fingerprint density at radius 3 is 2.50 bits per heavy atom. The molecule has 0 amide bonds. The molecule has 4 heteroatoms. The molecule has 0 bridgehead atoms. The summed E-state index contributed by atoms with van der Waals surface area (Å²) in [7, 11) is 1.65. The molecule has 2 N–H and O–H groups in total. The van der Waals surface area contributed by atoms with Gasteiger partial charge in [-0.05, 0) is 31.2 Å². The number of rotatable bonds is 3. The number of hydrogen-bond donors (Lipinski definition) is 1. The van der Waals surface area contributed by atoms with Gasteiger partial charge in [-0.15, -0.1) is 0 Å². The van der Waals surface area contributed by atoms with Gasteiger partial charge in [-0.3, -0.25) is 0 Å². The highest BCUT2D eigenvalue weighted by atomic mass is 16.5. The Balaban J connectivity index is 2.34. The normalized spacial score (nSPS) is 10.4. The van der Waals surface area contributed by atoms with Crippen LogP contribution < -0.4 is 10.5 Å². The second kappa shape index (κ2) is 4.26. The van der Waals surface area contributed by atoms with E-state index in [4.69, 9.17) is 10.5 Å². The van der Waals surface area contributed by atoms with E-state index in [1.807, 2.05) is 37.3 Å². The van der Waals surface area contributed by atoms with Gasteiger partial charge in [0, 0.05) is 18.2 Å². The molecule has 0 aliphatic carbocycles. The molecule has 4 nitrogen and oxygen atoms in total. The Labute approximate surface area is 94.6 Å². The zero-order valence-corrected chi connectivity index (χ0v) is 9.47. The summed E-state index contributed by atoms with van der Waals surface area (Å²) in [4.78, 5) is 0. The minimum atomic E-state index is 0.688. The number of methoxy groups -OCH3 is 1. The number of nitrogen functional groups attached to an aromatic ring is 1. The number of aryl methyl sites for hydroxylation is 1. The first kappa shape index (κ1) is 10.5. The Bertz CT molecular complexity index is 474. The highest BCUT2D eigenvalue weighted by molar-refractivity contribution is 5.63. The average Bonchev–Trinajstić information content (AvgIpc) is 2.71. The summed E-state index contributed by atoms with van der Waals surface area (Å²) in [6.45, 7) is 2.79. The number of ether oxygens (including phenoxy) is 1. The molecule has 2 rings (SSSR count). The van der Waals surface area contributed by atoms with E-state index in [2.05, 4.69) is 5.10 Å². The molecular formula is C12H15N3O. The van der Waals surface area contributed by atoms with Crippen LogP contribution in [-0.2, 0) is 6.54 Å². The third-order valence-electron chi connectivity index (χ3n) is 2.50. The van der Waals surface area contributed by atoms with E-state index >= 15 is 0 Å². The fourth-order valence-electron chi connectivity index (χ4n) is 1.59. The largest absolute Gasteiger partial charge is 0.497 e. The van der Waals surface area contributed by atoms with Crippen LogP contribution in [0.3, 0.4) is 0 Å². The van der Waals surface area contributed by atoms with Crippen molar-refractivity contribution in [2.24, 2.45) is 0 Å². The van der Waals surface area contributed by atoms with Crippen LogP contribution in [-0.4, -0.2) is 16.9 Å². The van der Waals surface area contributed by atoms with Crippen LogP contribution in [0.1, 0.15) is 6.92 Å². The van der Waals surface area contributed by atoms with E-state index in [-0.39, 0.29) is 0 Å². The maximum absolute atomic E-state index is 5.82. The van der Waals surface area contributed by atoms with Crippen molar-refractivity contribution in [3.05, 3.63) is 30.3 Å². The smallest absolute Gasteiger partial charge is 0.122 e. The van der Waals surface area contributed by atoms with E-state index < -0.39 is 0 Å². The molecule has 0 fully saturated rings. The summed E-state index contributed by atoms with van der Waals surface area (Å²) in [5, 5.41) is 4.40. The maximum atomic E-state index is 5.82. The SMILES string of the molecule is CCn1nc(-c2ccc(OC)cc2)cc1N. The predicted molar refractivity (Wildman–Crippen MR) is 64.3 cm³/mol. The lowest BCUT2D eigenvalue weighted by Gasteiger charge is -2.00. The Hall–Kier alpha value is -1.97. The van der Waals surface area contributed by atoms with E-state index in [1.54, 1.807) is 11.8 Å². The molecule has 0 radical (unpaired) electrons. The van der Waals surface area contributed by atoms with Gasteiger partial charge in [-0.2, -0.15) is 5.10 Å². The molecule has 1 aromatic carbocycles. The first-order chi connectivity index (χ1) is 7.74. The molecule has 0 unspecified atom stereocenters. The molecule has 0 spiro atoms. The molecule has 0 saturated carbocycles. The first-order valence-corrected chi connectivity index (χ1v) is 5.22. The second-order valence-electron chi connectivity index (χ2n) is 3.50. The van der Waals surface area contributed by atoms with Crippen LogP contribution in [0.25, 0.3) is 11.3 Å². The van der Waals surface area contributed by atoms with Gasteiger partial charge in [0.1, 0.15) is 11.6 Å². The van der Waals surface area contributed by atoms with Crippen LogP contribution in [0.4, 0.5) is 5.82 Å². The van der Waals surface area contributed by atoms with Crippen LogP contribution >= 0.6 is 0 Å². The van der Waals surface area contributed by atoms with Gasteiger partial charge >= 0.3 is 0 Å². The zero-order chi connectivity index (χ0) is 11.5. The minimum Gasteiger partial charge on any atom is -0.497 e. The van der Waals surface area contributed by atoms with Gasteiger partial charge in [0.15, 0.2) is 0 Å². The monoisotopic (exact) mass is 217 g/mol. The lowest BCUT2D eigenvalue weighted by molar-refractivity contribution is 0.415. The van der Waals surface area contributed by atoms with Crippen molar-refractivity contribution in [3.8, 4) is 17.0 Å². The molecule has 1 aromatic heterocycles. The van der Waals surface area contributed by atoms with Crippen molar-refractivity contribution in [2.45, 2.75) is 13.5 Å². The highest BCUT2D eigenvalue weighted by Gasteiger charge is 2.05. The Kier molecular flexibility index (Phi) is 2.81. The van der Waals surface area contributed by atoms with Gasteiger partial charge in [-0.25, -0.2) is 4.68 Å².